The molecule has 0 unspecified atom stereocenters. The van der Waals surface area contributed by atoms with Crippen molar-refractivity contribution in [2.75, 3.05) is 26.3 Å². The molecule has 5 rings (SSSR count). The molecular weight excluding hydrogens is 433 g/mol. The van der Waals surface area contributed by atoms with Crippen molar-refractivity contribution in [2.24, 2.45) is 5.92 Å². The van der Waals surface area contributed by atoms with Crippen LogP contribution in [0.1, 0.15) is 21.5 Å². The van der Waals surface area contributed by atoms with Gasteiger partial charge in [0.1, 0.15) is 18.2 Å². The highest BCUT2D eigenvalue weighted by molar-refractivity contribution is 5.94. The van der Waals surface area contributed by atoms with E-state index in [1.807, 2.05) is 39.9 Å². The lowest BCUT2D eigenvalue weighted by Gasteiger charge is -2.24. The third-order valence-electron chi connectivity index (χ3n) is 6.06. The molecule has 1 fully saturated rings. The smallest absolute Gasteiger partial charge is 0.254 e. The summed E-state index contributed by atoms with van der Waals surface area (Å²) in [5, 5.41) is 4.31. The van der Waals surface area contributed by atoms with Crippen LogP contribution >= 0.6 is 0 Å². The predicted molar refractivity (Wildman–Crippen MR) is 126 cm³/mol. The summed E-state index contributed by atoms with van der Waals surface area (Å²) in [5.41, 5.74) is 3.71. The standard InChI is InChI=1S/C27H26FN3O3/c28-24-8-6-20(7-9-24)19-34-25-5-1-3-23(16-25)27(32)30-13-14-33-18-21(17-30)15-22-4-2-12-31-26(22)10-11-29-31/h1-12,16,21H,13-15,17-19H2/t21-/m1/s1. The van der Waals surface area contributed by atoms with Gasteiger partial charge >= 0.3 is 0 Å². The topological polar surface area (TPSA) is 56.1 Å². The summed E-state index contributed by atoms with van der Waals surface area (Å²) in [4.78, 5) is 15.2. The fourth-order valence-corrected chi connectivity index (χ4v) is 4.33. The Morgan fingerprint density at radius 2 is 2.00 bits per heavy atom. The Morgan fingerprint density at radius 1 is 1.12 bits per heavy atom. The van der Waals surface area contributed by atoms with Gasteiger partial charge in [0.15, 0.2) is 0 Å². The van der Waals surface area contributed by atoms with Crippen molar-refractivity contribution < 1.29 is 18.7 Å². The molecule has 1 saturated heterocycles. The number of amides is 1. The van der Waals surface area contributed by atoms with Gasteiger partial charge in [-0.15, -0.1) is 0 Å². The number of pyridine rings is 1. The molecular formula is C27H26FN3O3. The van der Waals surface area contributed by atoms with Gasteiger partial charge in [-0.3, -0.25) is 4.79 Å². The van der Waals surface area contributed by atoms with Gasteiger partial charge < -0.3 is 14.4 Å². The molecule has 2 aromatic heterocycles. The second kappa shape index (κ2) is 10.1. The molecule has 0 bridgehead atoms. The van der Waals surface area contributed by atoms with E-state index in [1.165, 1.54) is 17.7 Å². The SMILES string of the molecule is O=C(c1cccc(OCc2ccc(F)cc2)c1)N1CCOC[C@H](Cc2cccn3nccc23)C1. The van der Waals surface area contributed by atoms with Crippen molar-refractivity contribution in [1.29, 1.82) is 0 Å². The molecule has 1 aliphatic heterocycles. The number of rotatable bonds is 6. The van der Waals surface area contributed by atoms with E-state index in [2.05, 4.69) is 11.2 Å². The second-order valence-corrected chi connectivity index (χ2v) is 8.53. The Hall–Kier alpha value is -3.71. The number of nitrogens with zero attached hydrogens (tertiary/aromatic N) is 3. The zero-order chi connectivity index (χ0) is 23.3. The van der Waals surface area contributed by atoms with Crippen molar-refractivity contribution in [3.63, 3.8) is 0 Å². The summed E-state index contributed by atoms with van der Waals surface area (Å²) in [7, 11) is 0. The fraction of sp³-hybridized carbons (Fsp3) is 0.259. The zero-order valence-electron chi connectivity index (χ0n) is 18.8. The minimum atomic E-state index is -0.280. The van der Waals surface area contributed by atoms with Crippen LogP contribution < -0.4 is 4.74 Å². The number of hydrogen-bond acceptors (Lipinski definition) is 4. The quantitative estimate of drug-likeness (QED) is 0.429. The van der Waals surface area contributed by atoms with Crippen molar-refractivity contribution >= 4 is 11.4 Å². The molecule has 0 radical (unpaired) electrons. The van der Waals surface area contributed by atoms with Crippen LogP contribution in [-0.2, 0) is 17.8 Å². The summed E-state index contributed by atoms with van der Waals surface area (Å²) in [6, 6.07) is 19.5. The van der Waals surface area contributed by atoms with Crippen LogP contribution in [0.15, 0.2) is 79.1 Å². The molecule has 2 aromatic carbocycles. The number of carbonyl (C=O) groups is 1. The second-order valence-electron chi connectivity index (χ2n) is 8.53. The van der Waals surface area contributed by atoms with Crippen molar-refractivity contribution in [2.45, 2.75) is 13.0 Å². The first kappa shape index (κ1) is 22.1. The molecule has 6 nitrogen and oxygen atoms in total. The lowest BCUT2D eigenvalue weighted by molar-refractivity contribution is 0.0737. The highest BCUT2D eigenvalue weighted by atomic mass is 19.1. The predicted octanol–water partition coefficient (Wildman–Crippen LogP) is 4.38. The van der Waals surface area contributed by atoms with E-state index < -0.39 is 0 Å². The highest BCUT2D eigenvalue weighted by Crippen LogP contribution is 2.21. The number of aromatic nitrogens is 2. The van der Waals surface area contributed by atoms with E-state index >= 15 is 0 Å². The van der Waals surface area contributed by atoms with Gasteiger partial charge in [-0.05, 0) is 60.0 Å². The lowest BCUT2D eigenvalue weighted by atomic mass is 9.99. The maximum atomic E-state index is 13.3. The maximum Gasteiger partial charge on any atom is 0.254 e. The van der Waals surface area contributed by atoms with E-state index in [0.717, 1.165) is 17.5 Å². The van der Waals surface area contributed by atoms with E-state index in [9.17, 15) is 9.18 Å². The van der Waals surface area contributed by atoms with Gasteiger partial charge in [-0.1, -0.05) is 24.3 Å². The van der Waals surface area contributed by atoms with Crippen molar-refractivity contribution in [3.8, 4) is 5.75 Å². The first-order valence-electron chi connectivity index (χ1n) is 11.4. The van der Waals surface area contributed by atoms with Crippen LogP contribution in [0, 0.1) is 11.7 Å². The van der Waals surface area contributed by atoms with Gasteiger partial charge in [-0.25, -0.2) is 8.91 Å². The average molecular weight is 460 g/mol. The molecule has 0 N–H and O–H groups in total. The minimum Gasteiger partial charge on any atom is -0.489 e. The molecule has 0 aliphatic carbocycles. The maximum absolute atomic E-state index is 13.3. The largest absolute Gasteiger partial charge is 0.489 e. The van der Waals surface area contributed by atoms with E-state index in [4.69, 9.17) is 9.47 Å². The van der Waals surface area contributed by atoms with E-state index in [1.54, 1.807) is 30.5 Å². The molecule has 34 heavy (non-hydrogen) atoms. The summed E-state index contributed by atoms with van der Waals surface area (Å²) >= 11 is 0. The normalized spacial score (nSPS) is 16.4. The van der Waals surface area contributed by atoms with Gasteiger partial charge in [-0.2, -0.15) is 5.10 Å². The average Bonchev–Trinajstić information content (AvgIpc) is 3.23. The van der Waals surface area contributed by atoms with Crippen LogP contribution in [-0.4, -0.2) is 46.7 Å². The molecule has 4 aromatic rings. The van der Waals surface area contributed by atoms with Crippen LogP contribution in [0.5, 0.6) is 5.75 Å². The Kier molecular flexibility index (Phi) is 6.53. The molecule has 1 amide bonds. The number of carbonyl (C=O) groups excluding carboxylic acids is 1. The molecule has 7 heteroatoms. The van der Waals surface area contributed by atoms with Gasteiger partial charge in [0, 0.05) is 37.0 Å². The minimum absolute atomic E-state index is 0.0368. The van der Waals surface area contributed by atoms with Gasteiger partial charge in [0.25, 0.3) is 5.91 Å². The van der Waals surface area contributed by atoms with Crippen LogP contribution in [0.4, 0.5) is 4.39 Å². The first-order valence-corrected chi connectivity index (χ1v) is 11.4. The summed E-state index contributed by atoms with van der Waals surface area (Å²) in [5.74, 6) is 0.471. The third kappa shape index (κ3) is 5.10. The number of halogens is 1. The Labute approximate surface area is 197 Å². The molecule has 3 heterocycles. The molecule has 0 spiro atoms. The van der Waals surface area contributed by atoms with Crippen molar-refractivity contribution in [3.05, 3.63) is 102 Å². The van der Waals surface area contributed by atoms with Gasteiger partial charge in [0.05, 0.1) is 18.7 Å². The third-order valence-corrected chi connectivity index (χ3v) is 6.06. The number of ether oxygens (including phenoxy) is 2. The van der Waals surface area contributed by atoms with E-state index in [0.29, 0.717) is 44.2 Å². The number of fused-ring (bicyclic) bond motifs is 1. The van der Waals surface area contributed by atoms with E-state index in [-0.39, 0.29) is 17.6 Å². The summed E-state index contributed by atoms with van der Waals surface area (Å²) in [6.45, 7) is 2.60. The lowest BCUT2D eigenvalue weighted by Crippen LogP contribution is -2.36. The first-order chi connectivity index (χ1) is 16.7. The number of hydrogen-bond donors (Lipinski definition) is 0. The number of benzene rings is 2. The van der Waals surface area contributed by atoms with Crippen molar-refractivity contribution in [1.82, 2.24) is 14.5 Å². The molecule has 174 valence electrons. The monoisotopic (exact) mass is 459 g/mol. The molecule has 1 aliphatic rings. The van der Waals surface area contributed by atoms with Gasteiger partial charge in [0.2, 0.25) is 0 Å². The fourth-order valence-electron chi connectivity index (χ4n) is 4.33. The van der Waals surface area contributed by atoms with Crippen LogP contribution in [0.3, 0.4) is 0 Å². The Balaban J connectivity index is 1.26. The Morgan fingerprint density at radius 3 is 2.88 bits per heavy atom. The Bertz CT molecular complexity index is 1270. The summed E-state index contributed by atoms with van der Waals surface area (Å²) < 4.78 is 26.7. The van der Waals surface area contributed by atoms with Crippen LogP contribution in [0.2, 0.25) is 0 Å². The summed E-state index contributed by atoms with van der Waals surface area (Å²) in [6.07, 6.45) is 4.54. The highest BCUT2D eigenvalue weighted by Gasteiger charge is 2.24. The molecule has 1 atom stereocenters. The zero-order valence-corrected chi connectivity index (χ0v) is 18.8. The molecule has 0 saturated carbocycles. The van der Waals surface area contributed by atoms with Crippen LogP contribution in [0.25, 0.3) is 5.52 Å².